The first kappa shape index (κ1) is 19.4. The van der Waals surface area contributed by atoms with E-state index in [2.05, 4.69) is 25.3 Å². The van der Waals surface area contributed by atoms with Crippen molar-refractivity contribution in [3.8, 4) is 11.3 Å². The lowest BCUT2D eigenvalue weighted by atomic mass is 10.1. The molecule has 0 saturated carbocycles. The topological polar surface area (TPSA) is 84.2 Å². The lowest BCUT2D eigenvalue weighted by molar-refractivity contribution is 0.0949. The number of nitrogens with one attached hydrogen (secondary N) is 1. The van der Waals surface area contributed by atoms with E-state index in [1.165, 1.54) is 12.8 Å². The van der Waals surface area contributed by atoms with Crippen LogP contribution in [0.5, 0.6) is 0 Å². The molecule has 1 saturated heterocycles. The van der Waals surface area contributed by atoms with Gasteiger partial charge in [-0.3, -0.25) is 4.79 Å². The fourth-order valence-electron chi connectivity index (χ4n) is 3.52. The van der Waals surface area contributed by atoms with Gasteiger partial charge in [-0.25, -0.2) is 9.97 Å². The van der Waals surface area contributed by atoms with Crippen LogP contribution in [-0.2, 0) is 6.54 Å². The van der Waals surface area contributed by atoms with Crippen molar-refractivity contribution in [3.63, 3.8) is 0 Å². The molecular weight excluding hydrogens is 390 g/mol. The van der Waals surface area contributed by atoms with Gasteiger partial charge in [0.2, 0.25) is 0 Å². The Morgan fingerprint density at radius 1 is 1.21 bits per heavy atom. The van der Waals surface area contributed by atoms with Crippen LogP contribution in [0.3, 0.4) is 0 Å². The Bertz CT molecular complexity index is 1040. The van der Waals surface area contributed by atoms with Gasteiger partial charge in [0, 0.05) is 30.4 Å². The summed E-state index contributed by atoms with van der Waals surface area (Å²) in [5.74, 6) is 1.62. The van der Waals surface area contributed by atoms with Crippen LogP contribution in [0, 0.1) is 13.8 Å². The van der Waals surface area contributed by atoms with Crippen molar-refractivity contribution in [2.24, 2.45) is 0 Å². The maximum atomic E-state index is 12.9. The van der Waals surface area contributed by atoms with Gasteiger partial charge in [0.15, 0.2) is 0 Å². The normalized spacial score (nSPS) is 13.7. The molecule has 0 aliphatic carbocycles. The van der Waals surface area contributed by atoms with E-state index >= 15 is 0 Å². The van der Waals surface area contributed by atoms with Crippen LogP contribution in [0.4, 0.5) is 5.82 Å². The molecule has 150 valence electrons. The Morgan fingerprint density at radius 2 is 1.97 bits per heavy atom. The SMILES string of the molecule is Cc1cc(N2CCCC2)nc(CNC(=O)c2c(-c3ccccc3Cl)noc2C)n1. The zero-order valence-electron chi connectivity index (χ0n) is 16.4. The van der Waals surface area contributed by atoms with Crippen LogP contribution < -0.4 is 10.2 Å². The summed E-state index contributed by atoms with van der Waals surface area (Å²) in [6.45, 7) is 5.86. The van der Waals surface area contributed by atoms with Crippen LogP contribution in [0.1, 0.15) is 40.5 Å². The Kier molecular flexibility index (Phi) is 5.49. The maximum Gasteiger partial charge on any atom is 0.257 e. The van der Waals surface area contributed by atoms with Crippen LogP contribution >= 0.6 is 11.6 Å². The molecule has 0 atom stereocenters. The molecule has 0 bridgehead atoms. The number of benzene rings is 1. The predicted molar refractivity (Wildman–Crippen MR) is 111 cm³/mol. The highest BCUT2D eigenvalue weighted by Crippen LogP contribution is 2.31. The van der Waals surface area contributed by atoms with E-state index in [0.717, 1.165) is 24.6 Å². The second-order valence-electron chi connectivity index (χ2n) is 7.10. The number of carbonyl (C=O) groups excluding carboxylic acids is 1. The van der Waals surface area contributed by atoms with E-state index in [1.54, 1.807) is 13.0 Å². The van der Waals surface area contributed by atoms with Gasteiger partial charge >= 0.3 is 0 Å². The number of amides is 1. The van der Waals surface area contributed by atoms with Crippen molar-refractivity contribution in [3.05, 3.63) is 58.2 Å². The molecule has 1 N–H and O–H groups in total. The van der Waals surface area contributed by atoms with E-state index in [4.69, 9.17) is 16.1 Å². The molecule has 1 aromatic carbocycles. The van der Waals surface area contributed by atoms with Crippen molar-refractivity contribution in [1.29, 1.82) is 0 Å². The first-order valence-corrected chi connectivity index (χ1v) is 9.99. The molecule has 0 unspecified atom stereocenters. The number of carbonyl (C=O) groups is 1. The number of aryl methyl sites for hydroxylation is 2. The van der Waals surface area contributed by atoms with Crippen molar-refractivity contribution in [1.82, 2.24) is 20.4 Å². The molecule has 4 rings (SSSR count). The van der Waals surface area contributed by atoms with E-state index < -0.39 is 0 Å². The van der Waals surface area contributed by atoms with E-state index in [-0.39, 0.29) is 12.5 Å². The second kappa shape index (κ2) is 8.21. The minimum atomic E-state index is -0.300. The molecular formula is C21H22ClN5O2. The Balaban J connectivity index is 1.54. The fourth-order valence-corrected chi connectivity index (χ4v) is 3.75. The zero-order chi connectivity index (χ0) is 20.4. The van der Waals surface area contributed by atoms with E-state index in [9.17, 15) is 4.79 Å². The van der Waals surface area contributed by atoms with Crippen molar-refractivity contribution in [2.75, 3.05) is 18.0 Å². The number of hydrogen-bond acceptors (Lipinski definition) is 6. The average Bonchev–Trinajstić information content (AvgIpc) is 3.36. The van der Waals surface area contributed by atoms with Gasteiger partial charge < -0.3 is 14.7 Å². The largest absolute Gasteiger partial charge is 0.360 e. The molecule has 7 nitrogen and oxygen atoms in total. The van der Waals surface area contributed by atoms with Gasteiger partial charge in [-0.1, -0.05) is 35.0 Å². The van der Waals surface area contributed by atoms with Gasteiger partial charge in [-0.2, -0.15) is 0 Å². The summed E-state index contributed by atoms with van der Waals surface area (Å²) in [4.78, 5) is 24.2. The standard InChI is InChI=1S/C21H22ClN5O2/c1-13-11-18(27-9-5-6-10-27)25-17(24-13)12-23-21(28)19-14(2)29-26-20(19)15-7-3-4-8-16(15)22/h3-4,7-8,11H,5-6,9-10,12H2,1-2H3,(H,23,28). The summed E-state index contributed by atoms with van der Waals surface area (Å²) in [7, 11) is 0. The highest BCUT2D eigenvalue weighted by molar-refractivity contribution is 6.33. The number of hydrogen-bond donors (Lipinski definition) is 1. The zero-order valence-corrected chi connectivity index (χ0v) is 17.2. The van der Waals surface area contributed by atoms with Gasteiger partial charge in [0.25, 0.3) is 5.91 Å². The highest BCUT2D eigenvalue weighted by Gasteiger charge is 2.23. The minimum Gasteiger partial charge on any atom is -0.360 e. The molecule has 1 amide bonds. The molecule has 8 heteroatoms. The van der Waals surface area contributed by atoms with Crippen LogP contribution in [-0.4, -0.2) is 34.1 Å². The minimum absolute atomic E-state index is 0.216. The molecule has 2 aromatic heterocycles. The summed E-state index contributed by atoms with van der Waals surface area (Å²) in [5.41, 5.74) is 2.32. The summed E-state index contributed by atoms with van der Waals surface area (Å²) < 4.78 is 5.28. The van der Waals surface area contributed by atoms with Gasteiger partial charge in [-0.05, 0) is 32.8 Å². The number of anilines is 1. The van der Waals surface area contributed by atoms with Crippen molar-refractivity contribution in [2.45, 2.75) is 33.2 Å². The monoisotopic (exact) mass is 411 g/mol. The summed E-state index contributed by atoms with van der Waals surface area (Å²) in [6, 6.07) is 9.21. The summed E-state index contributed by atoms with van der Waals surface area (Å²) in [5, 5.41) is 7.44. The first-order valence-electron chi connectivity index (χ1n) is 9.62. The molecule has 1 aliphatic heterocycles. The van der Waals surface area contributed by atoms with Gasteiger partial charge in [0.1, 0.15) is 28.7 Å². The Morgan fingerprint density at radius 3 is 2.72 bits per heavy atom. The fraction of sp³-hybridized carbons (Fsp3) is 0.333. The first-order chi connectivity index (χ1) is 14.0. The Hall–Kier alpha value is -2.93. The van der Waals surface area contributed by atoms with E-state index in [0.29, 0.717) is 33.4 Å². The molecule has 3 heterocycles. The number of halogens is 1. The lowest BCUT2D eigenvalue weighted by Gasteiger charge is -2.17. The van der Waals surface area contributed by atoms with Gasteiger partial charge in [-0.15, -0.1) is 0 Å². The average molecular weight is 412 g/mol. The summed E-state index contributed by atoms with van der Waals surface area (Å²) in [6.07, 6.45) is 2.35. The van der Waals surface area contributed by atoms with Crippen molar-refractivity contribution >= 4 is 23.3 Å². The van der Waals surface area contributed by atoms with Crippen LogP contribution in [0.15, 0.2) is 34.9 Å². The third-order valence-corrected chi connectivity index (χ3v) is 5.27. The quantitative estimate of drug-likeness (QED) is 0.684. The summed E-state index contributed by atoms with van der Waals surface area (Å²) >= 11 is 6.28. The smallest absolute Gasteiger partial charge is 0.257 e. The third-order valence-electron chi connectivity index (χ3n) is 4.94. The molecule has 1 aliphatic rings. The van der Waals surface area contributed by atoms with E-state index in [1.807, 2.05) is 31.2 Å². The van der Waals surface area contributed by atoms with Crippen LogP contribution in [0.2, 0.25) is 5.02 Å². The van der Waals surface area contributed by atoms with Gasteiger partial charge in [0.05, 0.1) is 11.6 Å². The lowest BCUT2D eigenvalue weighted by Crippen LogP contribution is -2.26. The molecule has 29 heavy (non-hydrogen) atoms. The molecule has 0 spiro atoms. The number of nitrogens with zero attached hydrogens (tertiary/aromatic N) is 4. The molecule has 3 aromatic rings. The second-order valence-corrected chi connectivity index (χ2v) is 7.51. The van der Waals surface area contributed by atoms with Crippen LogP contribution in [0.25, 0.3) is 11.3 Å². The maximum absolute atomic E-state index is 12.9. The predicted octanol–water partition coefficient (Wildman–Crippen LogP) is 3.93. The third kappa shape index (κ3) is 4.10. The Labute approximate surface area is 174 Å². The molecule has 1 fully saturated rings. The molecule has 0 radical (unpaired) electrons. The highest BCUT2D eigenvalue weighted by atomic mass is 35.5. The number of aromatic nitrogens is 3. The van der Waals surface area contributed by atoms with Crippen molar-refractivity contribution < 1.29 is 9.32 Å². The number of rotatable bonds is 5.